The van der Waals surface area contributed by atoms with Crippen molar-refractivity contribution in [3.63, 3.8) is 0 Å². The third-order valence-electron chi connectivity index (χ3n) is 1.47. The Balaban J connectivity index is 2.28. The molecule has 1 rings (SSSR count). The molecule has 0 aliphatic heterocycles. The molecule has 0 saturated carbocycles. The molecule has 4 nitrogen and oxygen atoms in total. The summed E-state index contributed by atoms with van der Waals surface area (Å²) in [5.41, 5.74) is 7.55. The average molecular weight is 279 g/mol. The summed E-state index contributed by atoms with van der Waals surface area (Å²) in [6.45, 7) is 2.50. The van der Waals surface area contributed by atoms with E-state index in [1.807, 2.05) is 13.0 Å². The molecular weight excluding hydrogens is 268 g/mol. The molecule has 0 unspecified atom stereocenters. The third-order valence-corrected chi connectivity index (χ3v) is 3.61. The first-order valence-electron chi connectivity index (χ1n) is 3.97. The van der Waals surface area contributed by atoms with Gasteiger partial charge in [-0.05, 0) is 28.9 Å². The Hall–Kier alpha value is -0.430. The van der Waals surface area contributed by atoms with Gasteiger partial charge in [-0.15, -0.1) is 11.3 Å². The Bertz CT molecular complexity index is 308. The molecule has 0 bridgehead atoms. The zero-order valence-electron chi connectivity index (χ0n) is 7.67. The fraction of sp³-hybridized carbons (Fsp3) is 0.375. The molecule has 1 amide bonds. The van der Waals surface area contributed by atoms with E-state index >= 15 is 0 Å². The molecule has 14 heavy (non-hydrogen) atoms. The van der Waals surface area contributed by atoms with E-state index in [1.54, 1.807) is 11.3 Å². The normalized spacial score (nSPS) is 10.4. The maximum Gasteiger partial charge on any atom is 0.245 e. The van der Waals surface area contributed by atoms with Gasteiger partial charge >= 0.3 is 0 Å². The van der Waals surface area contributed by atoms with Gasteiger partial charge in [0, 0.05) is 14.2 Å². The zero-order valence-corrected chi connectivity index (χ0v) is 10.1. The third kappa shape index (κ3) is 3.75. The lowest BCUT2D eigenvalue weighted by Crippen LogP contribution is -2.24. The highest BCUT2D eigenvalue weighted by atomic mass is 79.9. The van der Waals surface area contributed by atoms with Gasteiger partial charge in [-0.1, -0.05) is 0 Å². The quantitative estimate of drug-likeness (QED) is 0.631. The second-order valence-corrected chi connectivity index (χ2v) is 4.89. The minimum atomic E-state index is -0.485. The van der Waals surface area contributed by atoms with E-state index in [0.29, 0.717) is 6.54 Å². The number of amides is 1. The molecule has 0 aliphatic carbocycles. The second kappa shape index (κ2) is 5.45. The van der Waals surface area contributed by atoms with Crippen molar-refractivity contribution in [2.75, 3.05) is 6.61 Å². The summed E-state index contributed by atoms with van der Waals surface area (Å²) in [5, 5.41) is 0. The predicted molar refractivity (Wildman–Crippen MR) is 58.7 cm³/mol. The van der Waals surface area contributed by atoms with Crippen molar-refractivity contribution in [1.29, 1.82) is 0 Å². The minimum absolute atomic E-state index is 0.106. The molecule has 3 N–H and O–H groups in total. The number of thiophene rings is 1. The van der Waals surface area contributed by atoms with Gasteiger partial charge in [0.05, 0.1) is 6.54 Å². The molecule has 0 aromatic carbocycles. The van der Waals surface area contributed by atoms with E-state index in [-0.39, 0.29) is 6.61 Å². The molecule has 0 saturated heterocycles. The minimum Gasteiger partial charge on any atom is -0.368 e. The van der Waals surface area contributed by atoms with Crippen LogP contribution in [-0.4, -0.2) is 12.5 Å². The van der Waals surface area contributed by atoms with Crippen LogP contribution >= 0.6 is 27.3 Å². The molecule has 0 aliphatic rings. The van der Waals surface area contributed by atoms with Crippen molar-refractivity contribution in [1.82, 2.24) is 5.48 Å². The molecular formula is C8H11BrN2O2S. The first-order chi connectivity index (χ1) is 6.59. The lowest BCUT2D eigenvalue weighted by atomic mass is 10.4. The van der Waals surface area contributed by atoms with Crippen LogP contribution in [0.3, 0.4) is 0 Å². The van der Waals surface area contributed by atoms with Crippen molar-refractivity contribution in [3.05, 3.63) is 20.3 Å². The molecule has 0 atom stereocenters. The van der Waals surface area contributed by atoms with Gasteiger partial charge in [-0.3, -0.25) is 9.63 Å². The number of nitrogens with two attached hydrogens (primary N) is 1. The fourth-order valence-corrected chi connectivity index (χ4v) is 2.38. The first-order valence-corrected chi connectivity index (χ1v) is 5.58. The molecule has 0 radical (unpaired) electrons. The van der Waals surface area contributed by atoms with Gasteiger partial charge < -0.3 is 5.73 Å². The van der Waals surface area contributed by atoms with Crippen molar-refractivity contribution in [2.45, 2.75) is 13.5 Å². The monoisotopic (exact) mass is 278 g/mol. The SMILES string of the molecule is Cc1sc(CNOCC(N)=O)cc1Br. The summed E-state index contributed by atoms with van der Waals surface area (Å²) in [7, 11) is 0. The smallest absolute Gasteiger partial charge is 0.245 e. The van der Waals surface area contributed by atoms with Crippen molar-refractivity contribution < 1.29 is 9.63 Å². The van der Waals surface area contributed by atoms with Gasteiger partial charge in [0.1, 0.15) is 6.61 Å². The number of hydrogen-bond donors (Lipinski definition) is 2. The highest BCUT2D eigenvalue weighted by Gasteiger charge is 2.02. The summed E-state index contributed by atoms with van der Waals surface area (Å²) in [5.74, 6) is -0.485. The lowest BCUT2D eigenvalue weighted by molar-refractivity contribution is -0.125. The first kappa shape index (κ1) is 11.6. The number of aryl methyl sites for hydroxylation is 1. The lowest BCUT2D eigenvalue weighted by Gasteiger charge is -2.00. The van der Waals surface area contributed by atoms with Gasteiger partial charge in [0.2, 0.25) is 5.91 Å². The van der Waals surface area contributed by atoms with Crippen LogP contribution < -0.4 is 11.2 Å². The number of carbonyl (C=O) groups excluding carboxylic acids is 1. The van der Waals surface area contributed by atoms with Crippen molar-refractivity contribution in [3.8, 4) is 0 Å². The number of hydroxylamine groups is 1. The number of primary amides is 1. The fourth-order valence-electron chi connectivity index (χ4n) is 0.849. The maximum absolute atomic E-state index is 10.3. The largest absolute Gasteiger partial charge is 0.368 e. The van der Waals surface area contributed by atoms with Crippen LogP contribution in [0.15, 0.2) is 10.5 Å². The number of nitrogens with one attached hydrogen (secondary N) is 1. The summed E-state index contributed by atoms with van der Waals surface area (Å²) < 4.78 is 1.09. The van der Waals surface area contributed by atoms with E-state index in [4.69, 9.17) is 10.6 Å². The van der Waals surface area contributed by atoms with E-state index in [0.717, 1.165) is 9.35 Å². The van der Waals surface area contributed by atoms with Crippen LogP contribution in [0.5, 0.6) is 0 Å². The Morgan fingerprint density at radius 3 is 3.00 bits per heavy atom. The molecule has 78 valence electrons. The van der Waals surface area contributed by atoms with E-state index in [1.165, 1.54) is 4.88 Å². The summed E-state index contributed by atoms with van der Waals surface area (Å²) >= 11 is 5.08. The molecule has 1 aromatic rings. The van der Waals surface area contributed by atoms with Crippen LogP contribution in [0.2, 0.25) is 0 Å². The predicted octanol–water partition coefficient (Wildman–Crippen LogP) is 1.33. The zero-order chi connectivity index (χ0) is 10.6. The van der Waals surface area contributed by atoms with Crippen molar-refractivity contribution in [2.24, 2.45) is 5.73 Å². The van der Waals surface area contributed by atoms with Crippen LogP contribution in [-0.2, 0) is 16.2 Å². The highest BCUT2D eigenvalue weighted by Crippen LogP contribution is 2.25. The number of hydrogen-bond acceptors (Lipinski definition) is 4. The molecule has 1 aromatic heterocycles. The second-order valence-electron chi connectivity index (χ2n) is 2.69. The summed E-state index contributed by atoms with van der Waals surface area (Å²) in [4.78, 5) is 17.5. The topological polar surface area (TPSA) is 64.3 Å². The van der Waals surface area contributed by atoms with Gasteiger partial charge in [-0.25, -0.2) is 0 Å². The van der Waals surface area contributed by atoms with Crippen LogP contribution in [0, 0.1) is 6.92 Å². The Kier molecular flexibility index (Phi) is 4.53. The summed E-state index contributed by atoms with van der Waals surface area (Å²) in [6, 6.07) is 2.01. The van der Waals surface area contributed by atoms with Crippen LogP contribution in [0.1, 0.15) is 9.75 Å². The van der Waals surface area contributed by atoms with Crippen LogP contribution in [0.4, 0.5) is 0 Å². The standard InChI is InChI=1S/C8H11BrN2O2S/c1-5-7(9)2-6(14-5)3-11-13-4-8(10)12/h2,11H,3-4H2,1H3,(H2,10,12). The van der Waals surface area contributed by atoms with Crippen molar-refractivity contribution >= 4 is 33.2 Å². The highest BCUT2D eigenvalue weighted by molar-refractivity contribution is 9.10. The summed E-state index contributed by atoms with van der Waals surface area (Å²) in [6.07, 6.45) is 0. The van der Waals surface area contributed by atoms with Gasteiger partial charge in [0.25, 0.3) is 0 Å². The van der Waals surface area contributed by atoms with Gasteiger partial charge in [-0.2, -0.15) is 5.48 Å². The number of halogens is 1. The Morgan fingerprint density at radius 1 is 1.79 bits per heavy atom. The average Bonchev–Trinajstić information content (AvgIpc) is 2.40. The molecule has 0 fully saturated rings. The van der Waals surface area contributed by atoms with Crippen LogP contribution in [0.25, 0.3) is 0 Å². The molecule has 6 heteroatoms. The van der Waals surface area contributed by atoms with E-state index < -0.39 is 5.91 Å². The maximum atomic E-state index is 10.3. The Morgan fingerprint density at radius 2 is 2.50 bits per heavy atom. The number of carbonyl (C=O) groups is 1. The molecule has 0 spiro atoms. The van der Waals surface area contributed by atoms with E-state index in [2.05, 4.69) is 21.4 Å². The molecule has 1 heterocycles. The Labute approximate surface area is 94.5 Å². The van der Waals surface area contributed by atoms with Gasteiger partial charge in [0.15, 0.2) is 0 Å². The van der Waals surface area contributed by atoms with E-state index in [9.17, 15) is 4.79 Å². The number of rotatable bonds is 5.